The van der Waals surface area contributed by atoms with Gasteiger partial charge in [-0.05, 0) is 6.42 Å². The first kappa shape index (κ1) is 9.99. The first-order chi connectivity index (χ1) is 5.22. The van der Waals surface area contributed by atoms with Gasteiger partial charge in [0.2, 0.25) is 5.91 Å². The molecule has 0 radical (unpaired) electrons. The number of hydrogen-bond donors (Lipinski definition) is 2. The lowest BCUT2D eigenvalue weighted by Crippen LogP contribution is -2.39. The Bertz CT molecular complexity index is 160. The van der Waals surface area contributed by atoms with Gasteiger partial charge < -0.3 is 11.1 Å². The molecular formula is C8H14N2O. The fraction of sp³-hybridized carbons (Fsp3) is 0.625. The van der Waals surface area contributed by atoms with Gasteiger partial charge in [0.25, 0.3) is 0 Å². The molecule has 0 saturated heterocycles. The highest BCUT2D eigenvalue weighted by Crippen LogP contribution is 1.83. The second-order valence-electron chi connectivity index (χ2n) is 2.29. The van der Waals surface area contributed by atoms with E-state index in [2.05, 4.69) is 11.2 Å². The smallest absolute Gasteiger partial charge is 0.249 e. The largest absolute Gasteiger partial charge is 0.354 e. The molecule has 0 unspecified atom stereocenters. The van der Waals surface area contributed by atoms with Gasteiger partial charge >= 0.3 is 0 Å². The van der Waals surface area contributed by atoms with Gasteiger partial charge in [-0.1, -0.05) is 19.3 Å². The van der Waals surface area contributed by atoms with E-state index in [1.54, 1.807) is 0 Å². The number of nitrogens with one attached hydrogen (secondary N) is 1. The molecule has 0 aromatic rings. The Morgan fingerprint density at radius 1 is 1.82 bits per heavy atom. The maximum absolute atomic E-state index is 10.9. The molecule has 0 saturated carbocycles. The summed E-state index contributed by atoms with van der Waals surface area (Å²) in [6.45, 7) is 2.71. The number of amides is 1. The average molecular weight is 154 g/mol. The molecule has 0 fully saturated rings. The van der Waals surface area contributed by atoms with Crippen molar-refractivity contribution in [2.45, 2.75) is 25.8 Å². The summed E-state index contributed by atoms with van der Waals surface area (Å²) in [5, 5.41) is 2.63. The van der Waals surface area contributed by atoms with Crippen LogP contribution >= 0.6 is 0 Å². The van der Waals surface area contributed by atoms with E-state index in [1.165, 1.54) is 0 Å². The van der Waals surface area contributed by atoms with Gasteiger partial charge in [-0.25, -0.2) is 0 Å². The van der Waals surface area contributed by atoms with E-state index in [0.29, 0.717) is 6.54 Å². The van der Waals surface area contributed by atoms with Crippen LogP contribution in [0.4, 0.5) is 0 Å². The lowest BCUT2D eigenvalue weighted by Gasteiger charge is -2.05. The fourth-order valence-electron chi connectivity index (χ4n) is 0.574. The first-order valence-corrected chi connectivity index (χ1v) is 3.71. The Morgan fingerprint density at radius 2 is 2.45 bits per heavy atom. The van der Waals surface area contributed by atoms with Crippen LogP contribution < -0.4 is 11.1 Å². The summed E-state index contributed by atoms with van der Waals surface area (Å²) in [7, 11) is 0. The zero-order chi connectivity index (χ0) is 8.69. The van der Waals surface area contributed by atoms with Crippen LogP contribution in [0.15, 0.2) is 0 Å². The second kappa shape index (κ2) is 5.75. The van der Waals surface area contributed by atoms with Crippen molar-refractivity contribution >= 4 is 5.91 Å². The van der Waals surface area contributed by atoms with E-state index >= 15 is 0 Å². The molecule has 1 amide bonds. The van der Waals surface area contributed by atoms with Crippen LogP contribution in [-0.2, 0) is 4.79 Å². The van der Waals surface area contributed by atoms with Crippen molar-refractivity contribution in [3.63, 3.8) is 0 Å². The summed E-state index contributed by atoms with van der Waals surface area (Å²) < 4.78 is 0. The van der Waals surface area contributed by atoms with E-state index in [9.17, 15) is 4.79 Å². The molecule has 1 atom stereocenters. The van der Waals surface area contributed by atoms with Crippen molar-refractivity contribution in [3.05, 3.63) is 0 Å². The lowest BCUT2D eigenvalue weighted by atomic mass is 10.3. The number of unbranched alkanes of at least 4 members (excludes halogenated alkanes) is 1. The highest BCUT2D eigenvalue weighted by Gasteiger charge is 2.07. The Kier molecular flexibility index (Phi) is 5.22. The van der Waals surface area contributed by atoms with E-state index in [1.807, 2.05) is 6.92 Å². The Labute approximate surface area is 67.3 Å². The van der Waals surface area contributed by atoms with E-state index < -0.39 is 6.04 Å². The number of carbonyl (C=O) groups is 1. The van der Waals surface area contributed by atoms with E-state index in [4.69, 9.17) is 12.2 Å². The molecule has 0 heterocycles. The zero-order valence-corrected chi connectivity index (χ0v) is 6.76. The Balaban J connectivity index is 3.46. The van der Waals surface area contributed by atoms with E-state index in [0.717, 1.165) is 12.8 Å². The highest BCUT2D eigenvalue weighted by molar-refractivity contribution is 5.84. The van der Waals surface area contributed by atoms with Gasteiger partial charge in [0.05, 0.1) is 0 Å². The molecule has 0 aromatic carbocycles. The van der Waals surface area contributed by atoms with Crippen LogP contribution in [0.3, 0.4) is 0 Å². The van der Waals surface area contributed by atoms with Crippen molar-refractivity contribution in [2.75, 3.05) is 6.54 Å². The fourth-order valence-corrected chi connectivity index (χ4v) is 0.574. The first-order valence-electron chi connectivity index (χ1n) is 3.71. The maximum Gasteiger partial charge on any atom is 0.249 e. The Morgan fingerprint density at radius 3 is 2.91 bits per heavy atom. The van der Waals surface area contributed by atoms with Gasteiger partial charge in [-0.2, -0.15) is 0 Å². The minimum absolute atomic E-state index is 0.263. The van der Waals surface area contributed by atoms with Gasteiger partial charge in [0.1, 0.15) is 6.04 Å². The van der Waals surface area contributed by atoms with Gasteiger partial charge in [-0.15, -0.1) is 6.42 Å². The third-order valence-corrected chi connectivity index (χ3v) is 1.29. The third-order valence-electron chi connectivity index (χ3n) is 1.29. The molecule has 0 rings (SSSR count). The molecule has 62 valence electrons. The number of rotatable bonds is 4. The van der Waals surface area contributed by atoms with Crippen LogP contribution in [0.25, 0.3) is 0 Å². The minimum atomic E-state index is -0.799. The molecule has 3 N–H and O–H groups in total. The van der Waals surface area contributed by atoms with Crippen molar-refractivity contribution < 1.29 is 4.79 Å². The summed E-state index contributed by atoms with van der Waals surface area (Å²) in [6, 6.07) is -0.799. The molecule has 3 nitrogen and oxygen atoms in total. The molecular weight excluding hydrogens is 140 g/mol. The topological polar surface area (TPSA) is 55.1 Å². The van der Waals surface area contributed by atoms with Gasteiger partial charge in [0, 0.05) is 6.54 Å². The predicted molar refractivity (Wildman–Crippen MR) is 44.7 cm³/mol. The Hall–Kier alpha value is -1.01. The number of terminal acetylenes is 1. The summed E-state index contributed by atoms with van der Waals surface area (Å²) in [4.78, 5) is 10.9. The molecule has 0 aromatic heterocycles. The van der Waals surface area contributed by atoms with Crippen molar-refractivity contribution in [2.24, 2.45) is 5.73 Å². The average Bonchev–Trinajstić information content (AvgIpc) is 2.03. The lowest BCUT2D eigenvalue weighted by molar-refractivity contribution is -0.121. The monoisotopic (exact) mass is 154 g/mol. The van der Waals surface area contributed by atoms with Crippen LogP contribution in [-0.4, -0.2) is 18.5 Å². The second-order valence-corrected chi connectivity index (χ2v) is 2.29. The third kappa shape index (κ3) is 4.40. The number of carbonyl (C=O) groups excluding carboxylic acids is 1. The van der Waals surface area contributed by atoms with E-state index in [-0.39, 0.29) is 5.91 Å². The van der Waals surface area contributed by atoms with Crippen LogP contribution in [0.2, 0.25) is 0 Å². The molecule has 3 heteroatoms. The number of nitrogens with two attached hydrogens (primary N) is 1. The summed E-state index contributed by atoms with van der Waals surface area (Å²) >= 11 is 0. The van der Waals surface area contributed by atoms with Gasteiger partial charge in [-0.3, -0.25) is 4.79 Å². The van der Waals surface area contributed by atoms with Gasteiger partial charge in [0.15, 0.2) is 0 Å². The molecule has 0 spiro atoms. The summed E-state index contributed by atoms with van der Waals surface area (Å²) in [5.74, 6) is 1.89. The molecule has 11 heavy (non-hydrogen) atoms. The maximum atomic E-state index is 10.9. The van der Waals surface area contributed by atoms with Crippen LogP contribution in [0.5, 0.6) is 0 Å². The van der Waals surface area contributed by atoms with Crippen LogP contribution in [0.1, 0.15) is 19.8 Å². The minimum Gasteiger partial charge on any atom is -0.354 e. The summed E-state index contributed by atoms with van der Waals surface area (Å²) in [5.41, 5.74) is 5.25. The zero-order valence-electron chi connectivity index (χ0n) is 6.76. The van der Waals surface area contributed by atoms with Crippen molar-refractivity contribution in [1.29, 1.82) is 0 Å². The number of hydrogen-bond acceptors (Lipinski definition) is 2. The quantitative estimate of drug-likeness (QED) is 0.437. The predicted octanol–water partition coefficient (Wildman–Crippen LogP) is -0.137. The standard InChI is InChI=1S/C8H14N2O/c1-3-5-6-10-8(11)7(9)4-2/h2,7H,3,5-6,9H2,1H3,(H,10,11)/t7-/m0/s1. The summed E-state index contributed by atoms with van der Waals surface area (Å²) in [6.07, 6.45) is 6.95. The molecule has 0 aliphatic rings. The van der Waals surface area contributed by atoms with Crippen molar-refractivity contribution in [3.8, 4) is 12.3 Å². The van der Waals surface area contributed by atoms with Crippen LogP contribution in [0, 0.1) is 12.3 Å². The normalized spacial score (nSPS) is 11.7. The molecule has 0 aliphatic heterocycles. The molecule has 0 bridgehead atoms. The highest BCUT2D eigenvalue weighted by atomic mass is 16.2. The van der Waals surface area contributed by atoms with Crippen molar-refractivity contribution in [1.82, 2.24) is 5.32 Å². The molecule has 0 aliphatic carbocycles. The SMILES string of the molecule is C#C[C@H](N)C(=O)NCCCC.